The van der Waals surface area contributed by atoms with Crippen LogP contribution in [-0.2, 0) is 14.3 Å². The molecule has 0 aromatic heterocycles. The van der Waals surface area contributed by atoms with Crippen LogP contribution in [0.15, 0.2) is 29.3 Å². The lowest BCUT2D eigenvalue weighted by atomic mass is 9.95. The van der Waals surface area contributed by atoms with Gasteiger partial charge in [-0.05, 0) is 19.9 Å². The van der Waals surface area contributed by atoms with E-state index < -0.39 is 23.4 Å². The van der Waals surface area contributed by atoms with Crippen LogP contribution in [0.3, 0.4) is 0 Å². The van der Waals surface area contributed by atoms with E-state index in [9.17, 15) is 14.4 Å². The van der Waals surface area contributed by atoms with Crippen molar-refractivity contribution in [1.82, 2.24) is 9.80 Å². The molecule has 7 nitrogen and oxygen atoms in total. The van der Waals surface area contributed by atoms with Crippen molar-refractivity contribution < 1.29 is 19.1 Å². The second-order valence-corrected chi connectivity index (χ2v) is 6.38. The Hall–Kier alpha value is -2.28. The first kappa shape index (κ1) is 15.6. The van der Waals surface area contributed by atoms with E-state index in [0.717, 1.165) is 4.90 Å². The second kappa shape index (κ2) is 5.73. The number of fused-ring (bicyclic) bond motifs is 1. The topological polar surface area (TPSA) is 79.3 Å². The molecule has 0 aromatic rings. The second-order valence-electron chi connectivity index (χ2n) is 6.38. The van der Waals surface area contributed by atoms with Crippen molar-refractivity contribution in [2.75, 3.05) is 26.3 Å². The maximum atomic E-state index is 12.6. The lowest BCUT2D eigenvalue weighted by Gasteiger charge is -2.42. The van der Waals surface area contributed by atoms with Crippen molar-refractivity contribution >= 4 is 23.6 Å². The fourth-order valence-electron chi connectivity index (χ4n) is 2.97. The summed E-state index contributed by atoms with van der Waals surface area (Å²) in [6, 6.07) is -0.680. The molecule has 7 heteroatoms. The van der Waals surface area contributed by atoms with E-state index in [1.165, 1.54) is 0 Å². The summed E-state index contributed by atoms with van der Waals surface area (Å²) in [5.41, 5.74) is -0.0306. The van der Waals surface area contributed by atoms with Crippen molar-refractivity contribution in [2.45, 2.75) is 19.4 Å². The van der Waals surface area contributed by atoms with Crippen molar-refractivity contribution in [3.05, 3.63) is 24.3 Å². The molecule has 2 heterocycles. The van der Waals surface area contributed by atoms with Crippen LogP contribution in [0.4, 0.5) is 4.79 Å². The van der Waals surface area contributed by atoms with Gasteiger partial charge in [0.25, 0.3) is 0 Å². The Morgan fingerprint density at radius 1 is 1.39 bits per heavy atom. The van der Waals surface area contributed by atoms with E-state index in [1.54, 1.807) is 29.2 Å². The average Bonchev–Trinajstić information content (AvgIpc) is 2.50. The van der Waals surface area contributed by atoms with Gasteiger partial charge in [0.2, 0.25) is 11.8 Å². The van der Waals surface area contributed by atoms with Crippen LogP contribution < -0.4 is 0 Å². The highest BCUT2D eigenvalue weighted by Gasteiger charge is 2.40. The van der Waals surface area contributed by atoms with E-state index >= 15 is 0 Å². The van der Waals surface area contributed by atoms with Gasteiger partial charge < -0.3 is 9.64 Å². The Morgan fingerprint density at radius 3 is 2.91 bits per heavy atom. The number of hydrogen-bond acceptors (Lipinski definition) is 4. The fraction of sp³-hybridized carbons (Fsp3) is 0.500. The first-order chi connectivity index (χ1) is 10.9. The van der Waals surface area contributed by atoms with Gasteiger partial charge in [-0.25, -0.2) is 4.79 Å². The smallest absolute Gasteiger partial charge is 0.351 e. The van der Waals surface area contributed by atoms with Gasteiger partial charge in [-0.1, -0.05) is 18.2 Å². The third kappa shape index (κ3) is 2.84. The van der Waals surface area contributed by atoms with E-state index in [2.05, 4.69) is 4.99 Å². The molecular weight excluding hydrogens is 298 g/mol. The van der Waals surface area contributed by atoms with Crippen molar-refractivity contribution in [3.63, 3.8) is 0 Å². The molecule has 3 rings (SSSR count). The van der Waals surface area contributed by atoms with E-state index in [-0.39, 0.29) is 12.5 Å². The summed E-state index contributed by atoms with van der Waals surface area (Å²) in [5.74, 6) is -1.25. The number of nitrogens with zero attached hydrogens (tertiary/aromatic N) is 3. The number of carbonyl (C=O) groups excluding carboxylic acids is 3. The number of rotatable bonds is 2. The van der Waals surface area contributed by atoms with Crippen LogP contribution in [0.1, 0.15) is 13.8 Å². The summed E-state index contributed by atoms with van der Waals surface area (Å²) >= 11 is 0. The molecule has 1 unspecified atom stereocenters. The van der Waals surface area contributed by atoms with Gasteiger partial charge in [0.1, 0.15) is 6.54 Å². The fourth-order valence-corrected chi connectivity index (χ4v) is 2.97. The summed E-state index contributed by atoms with van der Waals surface area (Å²) in [6.07, 6.45) is 6.80. The van der Waals surface area contributed by atoms with Gasteiger partial charge >= 0.3 is 6.03 Å². The number of imide groups is 1. The quantitative estimate of drug-likeness (QED) is 0.753. The summed E-state index contributed by atoms with van der Waals surface area (Å²) in [4.78, 5) is 43.7. The van der Waals surface area contributed by atoms with Gasteiger partial charge in [-0.2, -0.15) is 4.99 Å². The van der Waals surface area contributed by atoms with Crippen LogP contribution in [0.25, 0.3) is 0 Å². The minimum Gasteiger partial charge on any atom is -0.377 e. The maximum absolute atomic E-state index is 12.6. The molecule has 1 aliphatic carbocycles. The number of amides is 4. The van der Waals surface area contributed by atoms with E-state index in [0.29, 0.717) is 25.5 Å². The maximum Gasteiger partial charge on any atom is 0.351 e. The largest absolute Gasteiger partial charge is 0.377 e. The summed E-state index contributed by atoms with van der Waals surface area (Å²) in [6.45, 7) is 4.84. The molecule has 1 atom stereocenters. The molecule has 1 fully saturated rings. The summed E-state index contributed by atoms with van der Waals surface area (Å²) in [5, 5.41) is 0. The number of ether oxygens (including phenoxy) is 1. The number of morpholine rings is 1. The molecular formula is C16H19N3O4. The number of carbonyl (C=O) groups is 3. The number of urea groups is 1. The van der Waals surface area contributed by atoms with Crippen molar-refractivity contribution in [3.8, 4) is 0 Å². The predicted molar refractivity (Wildman–Crippen MR) is 82.9 cm³/mol. The zero-order chi connectivity index (χ0) is 16.6. The Morgan fingerprint density at radius 2 is 2.17 bits per heavy atom. The molecule has 122 valence electrons. The third-order valence-electron chi connectivity index (χ3n) is 4.23. The van der Waals surface area contributed by atoms with E-state index in [1.807, 2.05) is 13.8 Å². The Bertz CT molecular complexity index is 648. The van der Waals surface area contributed by atoms with Gasteiger partial charge in [0, 0.05) is 6.54 Å². The Kier molecular flexibility index (Phi) is 3.89. The number of hydrogen-bond donors (Lipinski definition) is 0. The Balaban J connectivity index is 1.77. The van der Waals surface area contributed by atoms with Crippen molar-refractivity contribution in [1.29, 1.82) is 0 Å². The average molecular weight is 317 g/mol. The van der Waals surface area contributed by atoms with E-state index in [4.69, 9.17) is 4.74 Å². The van der Waals surface area contributed by atoms with Gasteiger partial charge in [-0.15, -0.1) is 0 Å². The zero-order valence-electron chi connectivity index (χ0n) is 13.2. The molecule has 1 saturated heterocycles. The van der Waals surface area contributed by atoms with Crippen LogP contribution in [0, 0.1) is 5.92 Å². The molecule has 0 N–H and O–H groups in total. The van der Waals surface area contributed by atoms with Gasteiger partial charge in [-0.3, -0.25) is 14.5 Å². The van der Waals surface area contributed by atoms with Gasteiger partial charge in [0.15, 0.2) is 0 Å². The minimum absolute atomic E-state index is 0.269. The Labute approximate surface area is 134 Å². The zero-order valence-corrected chi connectivity index (χ0v) is 13.2. The normalized spacial score (nSPS) is 26.2. The molecule has 0 saturated carbocycles. The first-order valence-corrected chi connectivity index (χ1v) is 7.57. The molecule has 0 radical (unpaired) electrons. The predicted octanol–water partition coefficient (Wildman–Crippen LogP) is 0.769. The highest BCUT2D eigenvalue weighted by molar-refractivity contribution is 6.22. The SMILES string of the molecule is CC1(C)COCCN1C(=O)CN1C(=O)N=C2C=CC=CC2C1=O. The standard InChI is InChI=1S/C16H19N3O4/c1-16(2)10-23-8-7-19(16)13(20)9-18-14(21)11-5-3-4-6-12(11)17-15(18)22/h3-6,11H,7-10H2,1-2H3. The highest BCUT2D eigenvalue weighted by atomic mass is 16.5. The molecule has 0 spiro atoms. The first-order valence-electron chi connectivity index (χ1n) is 7.57. The minimum atomic E-state index is -0.680. The highest BCUT2D eigenvalue weighted by Crippen LogP contribution is 2.22. The molecule has 4 amide bonds. The number of allylic oxidation sites excluding steroid dienone is 3. The molecule has 0 aromatic carbocycles. The van der Waals surface area contributed by atoms with Gasteiger partial charge in [0.05, 0.1) is 30.4 Å². The summed E-state index contributed by atoms with van der Waals surface area (Å²) < 4.78 is 5.39. The molecule has 23 heavy (non-hydrogen) atoms. The summed E-state index contributed by atoms with van der Waals surface area (Å²) in [7, 11) is 0. The van der Waals surface area contributed by atoms with Crippen molar-refractivity contribution in [2.24, 2.45) is 10.9 Å². The lowest BCUT2D eigenvalue weighted by molar-refractivity contribution is -0.149. The lowest BCUT2D eigenvalue weighted by Crippen LogP contribution is -2.59. The molecule has 2 aliphatic heterocycles. The molecule has 3 aliphatic rings. The number of aliphatic imine (C=N–C) groups is 1. The van der Waals surface area contributed by atoms with Crippen LogP contribution in [0.2, 0.25) is 0 Å². The monoisotopic (exact) mass is 317 g/mol. The third-order valence-corrected chi connectivity index (χ3v) is 4.23. The van der Waals surface area contributed by atoms with Crippen LogP contribution in [0.5, 0.6) is 0 Å². The van der Waals surface area contributed by atoms with Crippen LogP contribution >= 0.6 is 0 Å². The van der Waals surface area contributed by atoms with Crippen LogP contribution in [-0.4, -0.2) is 65.2 Å². The molecule has 0 bridgehead atoms.